The molecule has 8 heteroatoms. The van der Waals surface area contributed by atoms with E-state index < -0.39 is 17.5 Å². The van der Waals surface area contributed by atoms with Gasteiger partial charge in [0.2, 0.25) is 5.71 Å². The lowest BCUT2D eigenvalue weighted by molar-refractivity contribution is -0.108. The van der Waals surface area contributed by atoms with Crippen molar-refractivity contribution in [3.05, 3.63) is 148 Å². The first-order valence-corrected chi connectivity index (χ1v) is 16.3. The van der Waals surface area contributed by atoms with Crippen molar-refractivity contribution in [2.45, 2.75) is 31.2 Å². The van der Waals surface area contributed by atoms with Crippen LogP contribution in [0, 0.1) is 0 Å². The number of nitrogens with zero attached hydrogens (tertiary/aromatic N) is 2. The highest BCUT2D eigenvalue weighted by atomic mass is 32.1. The Morgan fingerprint density at radius 3 is 2.33 bits per heavy atom. The van der Waals surface area contributed by atoms with Gasteiger partial charge in [0.15, 0.2) is 11.6 Å². The largest absolute Gasteiger partial charge is 0.478 e. The van der Waals surface area contributed by atoms with E-state index in [0.717, 1.165) is 24.0 Å². The summed E-state index contributed by atoms with van der Waals surface area (Å²) in [6.07, 6.45) is 8.55. The molecule has 1 aliphatic heterocycles. The van der Waals surface area contributed by atoms with Crippen LogP contribution in [0.4, 0.5) is 11.4 Å². The van der Waals surface area contributed by atoms with Gasteiger partial charge in [-0.1, -0.05) is 61.0 Å². The zero-order chi connectivity index (χ0) is 33.1. The molecule has 1 saturated carbocycles. The number of fused-ring (bicyclic) bond motifs is 4. The van der Waals surface area contributed by atoms with Crippen molar-refractivity contribution in [3.63, 3.8) is 0 Å². The molecule has 8 rings (SSSR count). The molecule has 0 spiro atoms. The van der Waals surface area contributed by atoms with Gasteiger partial charge in [-0.25, -0.2) is 9.19 Å². The normalized spacial score (nSPS) is 21.4. The van der Waals surface area contributed by atoms with Gasteiger partial charge < -0.3 is 10.0 Å². The minimum atomic E-state index is -1.17. The Balaban J connectivity index is 1.12. The molecule has 1 fully saturated rings. The minimum absolute atomic E-state index is 0.0573. The number of hydrogen-bond acceptors (Lipinski definition) is 6. The first-order valence-electron chi connectivity index (χ1n) is 15.9. The van der Waals surface area contributed by atoms with Crippen molar-refractivity contribution in [1.82, 2.24) is 0 Å². The van der Waals surface area contributed by atoms with Gasteiger partial charge in [-0.2, -0.15) is 0 Å². The van der Waals surface area contributed by atoms with Gasteiger partial charge in [0.25, 0.3) is 0 Å². The van der Waals surface area contributed by atoms with Crippen LogP contribution in [-0.4, -0.2) is 40.1 Å². The number of ketones is 2. The minimum Gasteiger partial charge on any atom is -0.478 e. The van der Waals surface area contributed by atoms with Gasteiger partial charge in [-0.15, -0.1) is 0 Å². The highest BCUT2D eigenvalue weighted by Crippen LogP contribution is 2.53. The van der Waals surface area contributed by atoms with Crippen molar-refractivity contribution in [2.75, 3.05) is 4.90 Å². The van der Waals surface area contributed by atoms with E-state index in [9.17, 15) is 19.5 Å². The number of carbonyl (C=O) groups is 3. The van der Waals surface area contributed by atoms with Crippen molar-refractivity contribution >= 4 is 58.7 Å². The lowest BCUT2D eigenvalue weighted by atomic mass is 9.86. The molecule has 2 unspecified atom stereocenters. The van der Waals surface area contributed by atoms with E-state index in [1.165, 1.54) is 58.8 Å². The zero-order valence-electron chi connectivity index (χ0n) is 25.8. The average Bonchev–Trinajstić information content (AvgIpc) is 3.77. The van der Waals surface area contributed by atoms with Crippen molar-refractivity contribution in [1.29, 1.82) is 0 Å². The summed E-state index contributed by atoms with van der Waals surface area (Å²) in [4.78, 5) is 40.3. The number of anilines is 2. The molecule has 3 aliphatic carbocycles. The summed E-state index contributed by atoms with van der Waals surface area (Å²) in [6, 6.07) is 30.1. The Labute approximate surface area is 282 Å². The number of carboxylic acids is 1. The molecule has 4 aliphatic rings. The summed E-state index contributed by atoms with van der Waals surface area (Å²) in [6.45, 7) is 0. The SMILES string of the molecule is [NH2+]=C1C(c2ccc3c(c2)C2CCCC2N3c2ccc(-c3ccccc3)cc2)=CC=C(/C=C2\C(=O)c3ccc(C(=O)O)cc3C2=O)C1=NS. The summed E-state index contributed by atoms with van der Waals surface area (Å²) >= 11 is 4.21. The number of benzene rings is 4. The Morgan fingerprint density at radius 1 is 0.854 bits per heavy atom. The second-order valence-corrected chi connectivity index (χ2v) is 12.7. The smallest absolute Gasteiger partial charge is 0.335 e. The van der Waals surface area contributed by atoms with E-state index in [4.69, 9.17) is 5.41 Å². The number of aromatic carboxylic acids is 1. The summed E-state index contributed by atoms with van der Waals surface area (Å²) in [5, 5.41) is 16.1. The summed E-state index contributed by atoms with van der Waals surface area (Å²) in [7, 11) is 0. The van der Waals surface area contributed by atoms with Gasteiger partial charge >= 0.3 is 5.97 Å². The van der Waals surface area contributed by atoms with Crippen molar-refractivity contribution in [2.24, 2.45) is 4.40 Å². The summed E-state index contributed by atoms with van der Waals surface area (Å²) in [5.41, 5.74) is 9.16. The fraction of sp³-hybridized carbons (Fsp3) is 0.125. The number of Topliss-reactive ketones (excluding diaryl/α,β-unsaturated/α-hetero) is 2. The molecule has 234 valence electrons. The fourth-order valence-electron chi connectivity index (χ4n) is 7.65. The first-order chi connectivity index (χ1) is 23.3. The molecule has 0 aromatic heterocycles. The third-order valence-electron chi connectivity index (χ3n) is 9.95. The molecule has 4 aromatic rings. The molecule has 0 saturated heterocycles. The standard InChI is InChI=1S/C40H29N3O4S/c41-36-28(16-11-25(37(36)42-48)20-33-38(44)30-17-12-26(40(46)47)21-32(30)39(33)45)24-13-18-35-31(19-24)29-7-4-8-34(29)43(35)27-14-9-23(10-15-27)22-5-2-1-3-6-22/h1-3,5-6,9-21,29,34,41,48H,4,7-8H2,(H,46,47)/p+1/b33-20+,41-36?,42-37?. The van der Waals surface area contributed by atoms with E-state index >= 15 is 0 Å². The molecule has 0 amide bonds. The molecule has 2 atom stereocenters. The summed E-state index contributed by atoms with van der Waals surface area (Å²) in [5.74, 6) is -1.76. The van der Waals surface area contributed by atoms with E-state index in [2.05, 4.69) is 88.8 Å². The Kier molecular flexibility index (Phi) is 7.18. The third-order valence-corrected chi connectivity index (χ3v) is 10.2. The molecule has 1 heterocycles. The second-order valence-electron chi connectivity index (χ2n) is 12.5. The lowest BCUT2D eigenvalue weighted by Crippen LogP contribution is -2.46. The van der Waals surface area contributed by atoms with Gasteiger partial charge in [0, 0.05) is 40.0 Å². The number of nitrogens with two attached hydrogens (primary N) is 1. The molecule has 7 nitrogen and oxygen atoms in total. The van der Waals surface area contributed by atoms with Crippen LogP contribution in [0.15, 0.2) is 125 Å². The number of allylic oxidation sites excluding steroid dienone is 6. The average molecular weight is 649 g/mol. The topological polar surface area (TPSA) is 113 Å². The van der Waals surface area contributed by atoms with E-state index in [0.29, 0.717) is 29.0 Å². The number of thiol groups is 1. The van der Waals surface area contributed by atoms with Gasteiger partial charge in [0.05, 0.1) is 16.7 Å². The van der Waals surface area contributed by atoms with Crippen molar-refractivity contribution in [3.8, 4) is 11.1 Å². The first kappa shape index (κ1) is 29.8. The van der Waals surface area contributed by atoms with Crippen LogP contribution in [0.25, 0.3) is 16.7 Å². The van der Waals surface area contributed by atoms with Crippen LogP contribution in [0.1, 0.15) is 67.4 Å². The van der Waals surface area contributed by atoms with Crippen LogP contribution < -0.4 is 10.3 Å². The Morgan fingerprint density at radius 2 is 1.58 bits per heavy atom. The van der Waals surface area contributed by atoms with Crippen LogP contribution in [0.3, 0.4) is 0 Å². The van der Waals surface area contributed by atoms with Crippen molar-refractivity contribution < 1.29 is 24.9 Å². The zero-order valence-corrected chi connectivity index (χ0v) is 26.7. The maximum atomic E-state index is 13.2. The quantitative estimate of drug-likeness (QED) is 0.0971. The van der Waals surface area contributed by atoms with Gasteiger partial charge in [-0.3, -0.25) is 15.0 Å². The number of carbonyl (C=O) groups excluding carboxylic acids is 2. The number of hydrogen-bond donors (Lipinski definition) is 3. The van der Waals surface area contributed by atoms with Gasteiger partial charge in [0.1, 0.15) is 5.71 Å². The van der Waals surface area contributed by atoms with Gasteiger partial charge in [-0.05, 0) is 103 Å². The molecule has 3 N–H and O–H groups in total. The predicted molar refractivity (Wildman–Crippen MR) is 190 cm³/mol. The number of carboxylic acid groups (broad SMARTS) is 1. The molecule has 4 aromatic carbocycles. The van der Waals surface area contributed by atoms with Crippen LogP contribution >= 0.6 is 12.8 Å². The van der Waals surface area contributed by atoms with E-state index in [1.54, 1.807) is 6.08 Å². The van der Waals surface area contributed by atoms with Crippen LogP contribution in [0.2, 0.25) is 0 Å². The predicted octanol–water partition coefficient (Wildman–Crippen LogP) is 6.65. The second kappa shape index (κ2) is 11.6. The molecule has 48 heavy (non-hydrogen) atoms. The monoisotopic (exact) mass is 648 g/mol. The summed E-state index contributed by atoms with van der Waals surface area (Å²) < 4.78 is 4.16. The molecular formula is C40H30N3O4S+. The van der Waals surface area contributed by atoms with E-state index in [-0.39, 0.29) is 22.3 Å². The maximum Gasteiger partial charge on any atom is 0.335 e. The van der Waals surface area contributed by atoms with Crippen LogP contribution in [-0.2, 0) is 0 Å². The highest BCUT2D eigenvalue weighted by Gasteiger charge is 2.43. The Bertz CT molecular complexity index is 2210. The maximum absolute atomic E-state index is 13.2. The number of rotatable bonds is 5. The fourth-order valence-corrected chi connectivity index (χ4v) is 7.88. The highest BCUT2D eigenvalue weighted by molar-refractivity contribution is 7.79. The van der Waals surface area contributed by atoms with E-state index in [1.807, 2.05) is 12.1 Å². The molecule has 0 bridgehead atoms. The Hall–Kier alpha value is -5.60. The lowest BCUT2D eigenvalue weighted by Gasteiger charge is -2.27. The molecule has 0 radical (unpaired) electrons. The third kappa shape index (κ3) is 4.71. The van der Waals surface area contributed by atoms with Crippen LogP contribution in [0.5, 0.6) is 0 Å². The molecular weight excluding hydrogens is 619 g/mol.